The number of hydrogen-bond donors (Lipinski definition) is 0. The number of rotatable bonds is 3. The highest BCUT2D eigenvalue weighted by Gasteiger charge is 2.41. The number of morpholine rings is 1. The first kappa shape index (κ1) is 18.1. The van der Waals surface area contributed by atoms with Crippen LogP contribution in [0.3, 0.4) is 0 Å². The molecular formula is C18H26ClNO3. The van der Waals surface area contributed by atoms with Crippen molar-refractivity contribution in [2.24, 2.45) is 0 Å². The number of hydrogen-bond acceptors (Lipinski definition) is 3. The van der Waals surface area contributed by atoms with Crippen LogP contribution in [0.5, 0.6) is 5.75 Å². The molecule has 0 N–H and O–H groups in total. The molecule has 5 heteroatoms. The molecule has 1 aromatic carbocycles. The summed E-state index contributed by atoms with van der Waals surface area (Å²) in [7, 11) is 0. The zero-order valence-electron chi connectivity index (χ0n) is 14.8. The van der Waals surface area contributed by atoms with Gasteiger partial charge >= 0.3 is 0 Å². The van der Waals surface area contributed by atoms with Crippen LogP contribution in [0.25, 0.3) is 0 Å². The quantitative estimate of drug-likeness (QED) is 0.840. The Morgan fingerprint density at radius 2 is 1.83 bits per heavy atom. The van der Waals surface area contributed by atoms with Gasteiger partial charge in [0.2, 0.25) is 0 Å². The second kappa shape index (κ2) is 6.33. The van der Waals surface area contributed by atoms with Gasteiger partial charge in [0, 0.05) is 13.1 Å². The van der Waals surface area contributed by atoms with Gasteiger partial charge in [-0.25, -0.2) is 0 Å². The Balaban J connectivity index is 2.11. The fourth-order valence-corrected chi connectivity index (χ4v) is 3.30. The molecule has 1 heterocycles. The smallest absolute Gasteiger partial charge is 0.263 e. The normalized spacial score (nSPS) is 20.9. The predicted octanol–water partition coefficient (Wildman–Crippen LogP) is 3.83. The van der Waals surface area contributed by atoms with E-state index >= 15 is 0 Å². The maximum atomic E-state index is 12.8. The Hall–Kier alpha value is -1.26. The van der Waals surface area contributed by atoms with Gasteiger partial charge in [-0.1, -0.05) is 17.7 Å². The highest BCUT2D eigenvalue weighted by atomic mass is 35.5. The van der Waals surface area contributed by atoms with Crippen molar-refractivity contribution in [2.45, 2.75) is 58.8 Å². The fourth-order valence-electron chi connectivity index (χ4n) is 3.14. The van der Waals surface area contributed by atoms with E-state index in [-0.39, 0.29) is 17.1 Å². The van der Waals surface area contributed by atoms with Crippen LogP contribution in [0.2, 0.25) is 5.02 Å². The minimum atomic E-state index is -0.598. The molecule has 23 heavy (non-hydrogen) atoms. The number of aryl methyl sites for hydroxylation is 1. The van der Waals surface area contributed by atoms with Crippen molar-refractivity contribution < 1.29 is 14.3 Å². The number of carbonyl (C=O) groups excluding carboxylic acids is 1. The van der Waals surface area contributed by atoms with Crippen LogP contribution in [0.4, 0.5) is 0 Å². The van der Waals surface area contributed by atoms with Gasteiger partial charge in [-0.15, -0.1) is 0 Å². The number of halogens is 1. The van der Waals surface area contributed by atoms with Gasteiger partial charge in [0.1, 0.15) is 5.75 Å². The van der Waals surface area contributed by atoms with E-state index in [9.17, 15) is 4.79 Å². The lowest BCUT2D eigenvalue weighted by Crippen LogP contribution is -2.60. The molecule has 4 nitrogen and oxygen atoms in total. The molecule has 1 aromatic rings. The van der Waals surface area contributed by atoms with E-state index in [1.54, 1.807) is 13.0 Å². The molecule has 1 atom stereocenters. The second-order valence-electron chi connectivity index (χ2n) is 7.51. The third-order valence-corrected chi connectivity index (χ3v) is 4.06. The fraction of sp³-hybridized carbons (Fsp3) is 0.611. The number of benzene rings is 1. The van der Waals surface area contributed by atoms with Crippen LogP contribution in [-0.4, -0.2) is 41.2 Å². The van der Waals surface area contributed by atoms with Crippen LogP contribution in [-0.2, 0) is 9.53 Å². The summed E-state index contributed by atoms with van der Waals surface area (Å²) in [6, 6.07) is 5.54. The van der Waals surface area contributed by atoms with Crippen molar-refractivity contribution >= 4 is 17.5 Å². The van der Waals surface area contributed by atoms with Crippen molar-refractivity contribution in [3.63, 3.8) is 0 Å². The van der Waals surface area contributed by atoms with Crippen molar-refractivity contribution in [3.8, 4) is 5.75 Å². The maximum Gasteiger partial charge on any atom is 0.263 e. The lowest BCUT2D eigenvalue weighted by atomic mass is 9.98. The molecule has 1 aliphatic rings. The number of ether oxygens (including phenoxy) is 2. The summed E-state index contributed by atoms with van der Waals surface area (Å²) >= 11 is 6.15. The van der Waals surface area contributed by atoms with Gasteiger partial charge in [0.25, 0.3) is 5.91 Å². The topological polar surface area (TPSA) is 38.8 Å². The van der Waals surface area contributed by atoms with Crippen molar-refractivity contribution in [2.75, 3.05) is 13.1 Å². The summed E-state index contributed by atoms with van der Waals surface area (Å²) in [5.74, 6) is 0.492. The molecule has 0 bridgehead atoms. The first-order valence-corrected chi connectivity index (χ1v) is 8.29. The van der Waals surface area contributed by atoms with Gasteiger partial charge < -0.3 is 14.4 Å². The zero-order valence-corrected chi connectivity index (χ0v) is 15.5. The average Bonchev–Trinajstić information content (AvgIpc) is 2.38. The summed E-state index contributed by atoms with van der Waals surface area (Å²) in [5.41, 5.74) is 0.286. The van der Waals surface area contributed by atoms with E-state index in [1.165, 1.54) is 0 Å². The van der Waals surface area contributed by atoms with Crippen LogP contribution in [0.15, 0.2) is 18.2 Å². The van der Waals surface area contributed by atoms with Crippen LogP contribution >= 0.6 is 11.6 Å². The van der Waals surface area contributed by atoms with Crippen molar-refractivity contribution in [1.29, 1.82) is 0 Å². The number of nitrogens with zero attached hydrogens (tertiary/aromatic N) is 1. The van der Waals surface area contributed by atoms with Gasteiger partial charge in [-0.05, 0) is 59.2 Å². The minimum Gasteiger partial charge on any atom is -0.479 e. The van der Waals surface area contributed by atoms with Crippen LogP contribution in [0, 0.1) is 6.92 Å². The molecule has 1 amide bonds. The monoisotopic (exact) mass is 339 g/mol. The Morgan fingerprint density at radius 3 is 2.39 bits per heavy atom. The molecule has 0 spiro atoms. The predicted molar refractivity (Wildman–Crippen MR) is 92.1 cm³/mol. The Labute approximate surface area is 143 Å². The second-order valence-corrected chi connectivity index (χ2v) is 7.92. The van der Waals surface area contributed by atoms with E-state index in [0.29, 0.717) is 23.9 Å². The van der Waals surface area contributed by atoms with E-state index in [1.807, 2.05) is 51.7 Å². The Bertz CT molecular complexity index is 582. The summed E-state index contributed by atoms with van der Waals surface area (Å²) in [6.07, 6.45) is -0.598. The number of amides is 1. The SMILES string of the molecule is Cc1ccc(Cl)c(OC(C)C(=O)N2CC(C)(C)OC(C)(C)C2)c1. The third kappa shape index (κ3) is 4.61. The van der Waals surface area contributed by atoms with Crippen LogP contribution in [0.1, 0.15) is 40.2 Å². The molecule has 1 saturated heterocycles. The third-order valence-electron chi connectivity index (χ3n) is 3.75. The van der Waals surface area contributed by atoms with Crippen molar-refractivity contribution in [1.82, 2.24) is 4.90 Å². The van der Waals surface area contributed by atoms with Gasteiger partial charge in [0.05, 0.1) is 16.2 Å². The molecule has 128 valence electrons. The summed E-state index contributed by atoms with van der Waals surface area (Å²) in [6.45, 7) is 12.8. The molecule has 2 rings (SSSR count). The van der Waals surface area contributed by atoms with Gasteiger partial charge in [-0.2, -0.15) is 0 Å². The molecular weight excluding hydrogens is 314 g/mol. The first-order valence-electron chi connectivity index (χ1n) is 7.91. The largest absolute Gasteiger partial charge is 0.479 e. The Kier molecular flexibility index (Phi) is 4.97. The van der Waals surface area contributed by atoms with E-state index in [4.69, 9.17) is 21.1 Å². The molecule has 0 saturated carbocycles. The highest BCUT2D eigenvalue weighted by Crippen LogP contribution is 2.30. The summed E-state index contributed by atoms with van der Waals surface area (Å²) < 4.78 is 11.8. The standard InChI is InChI=1S/C18H26ClNO3/c1-12-7-8-14(19)15(9-12)22-13(2)16(21)20-10-17(3,4)23-18(5,6)11-20/h7-9,13H,10-11H2,1-6H3. The lowest BCUT2D eigenvalue weighted by Gasteiger charge is -2.47. The molecule has 1 unspecified atom stereocenters. The first-order chi connectivity index (χ1) is 10.5. The highest BCUT2D eigenvalue weighted by molar-refractivity contribution is 6.32. The molecule has 1 fully saturated rings. The van der Waals surface area contributed by atoms with E-state index in [2.05, 4.69) is 0 Å². The molecule has 1 aliphatic heterocycles. The number of carbonyl (C=O) groups is 1. The van der Waals surface area contributed by atoms with E-state index < -0.39 is 6.10 Å². The average molecular weight is 340 g/mol. The van der Waals surface area contributed by atoms with E-state index in [0.717, 1.165) is 5.56 Å². The van der Waals surface area contributed by atoms with Crippen LogP contribution < -0.4 is 4.74 Å². The molecule has 0 aromatic heterocycles. The zero-order chi connectivity index (χ0) is 17.4. The molecule has 0 aliphatic carbocycles. The molecule has 0 radical (unpaired) electrons. The maximum absolute atomic E-state index is 12.8. The van der Waals surface area contributed by atoms with Gasteiger partial charge in [-0.3, -0.25) is 4.79 Å². The summed E-state index contributed by atoms with van der Waals surface area (Å²) in [5, 5.41) is 0.512. The summed E-state index contributed by atoms with van der Waals surface area (Å²) in [4.78, 5) is 14.6. The Morgan fingerprint density at radius 1 is 1.26 bits per heavy atom. The van der Waals surface area contributed by atoms with Gasteiger partial charge in [0.15, 0.2) is 6.10 Å². The lowest BCUT2D eigenvalue weighted by molar-refractivity contribution is -0.190. The minimum absolute atomic E-state index is 0.0491. The van der Waals surface area contributed by atoms with Crippen molar-refractivity contribution in [3.05, 3.63) is 28.8 Å².